The summed E-state index contributed by atoms with van der Waals surface area (Å²) in [5.74, 6) is 1.28. The molecule has 9 rings (SSSR count). The minimum Gasteiger partial charge on any atom is -0.184 e. The number of benzene rings is 5. The molecule has 2 atom stereocenters. The molecule has 1 heteroatoms. The summed E-state index contributed by atoms with van der Waals surface area (Å²) in [5, 5.41) is 5.51. The van der Waals surface area contributed by atoms with Crippen LogP contribution in [0.2, 0.25) is 0 Å². The lowest BCUT2D eigenvalue weighted by Crippen LogP contribution is -2.55. The van der Waals surface area contributed by atoms with Gasteiger partial charge in [-0.2, -0.15) is 4.57 Å². The van der Waals surface area contributed by atoms with Crippen molar-refractivity contribution in [1.82, 2.24) is 0 Å². The molecule has 2 heterocycles. The third kappa shape index (κ3) is 4.41. The first-order chi connectivity index (χ1) is 24.1. The van der Waals surface area contributed by atoms with Crippen LogP contribution in [-0.2, 0) is 5.54 Å². The predicted octanol–water partition coefficient (Wildman–Crippen LogP) is 12.3. The highest BCUT2D eigenvalue weighted by Crippen LogP contribution is 2.58. The Balaban J connectivity index is 1.45. The van der Waals surface area contributed by atoms with Crippen molar-refractivity contribution in [1.29, 1.82) is 0 Å². The van der Waals surface area contributed by atoms with E-state index in [2.05, 4.69) is 160 Å². The van der Waals surface area contributed by atoms with Crippen LogP contribution in [0.4, 0.5) is 0 Å². The second-order valence-corrected chi connectivity index (χ2v) is 14.7. The molecule has 6 aromatic rings. The summed E-state index contributed by atoms with van der Waals surface area (Å²) >= 11 is 0. The quantitative estimate of drug-likeness (QED) is 0.146. The lowest BCUT2D eigenvalue weighted by molar-refractivity contribution is -0.725. The molecule has 1 aromatic heterocycles. The number of pyridine rings is 1. The number of aromatic nitrogens is 1. The smallest absolute Gasteiger partial charge is 0.184 e. The molecule has 1 aliphatic heterocycles. The van der Waals surface area contributed by atoms with Crippen molar-refractivity contribution in [3.8, 4) is 22.4 Å². The van der Waals surface area contributed by atoms with Gasteiger partial charge < -0.3 is 0 Å². The van der Waals surface area contributed by atoms with Gasteiger partial charge in [0.05, 0.1) is 10.9 Å². The normalized spacial score (nSPS) is 18.9. The first-order valence-electron chi connectivity index (χ1n) is 18.7. The van der Waals surface area contributed by atoms with E-state index in [4.69, 9.17) is 0 Å². The Morgan fingerprint density at radius 2 is 1.37 bits per heavy atom. The van der Waals surface area contributed by atoms with Gasteiger partial charge >= 0.3 is 0 Å². The Kier molecular flexibility index (Phi) is 7.24. The molecule has 0 fully saturated rings. The Hall–Kier alpha value is -4.75. The molecule has 2 unspecified atom stereocenters. The second-order valence-electron chi connectivity index (χ2n) is 14.7. The van der Waals surface area contributed by atoms with Gasteiger partial charge in [-0.15, -0.1) is 0 Å². The van der Waals surface area contributed by atoms with E-state index in [0.29, 0.717) is 11.8 Å². The Bertz CT molecular complexity index is 2300. The van der Waals surface area contributed by atoms with E-state index in [1.165, 1.54) is 84.6 Å². The highest BCUT2D eigenvalue weighted by atomic mass is 15.1. The molecule has 5 aromatic carbocycles. The number of hydrogen-bond acceptors (Lipinski definition) is 0. The fourth-order valence-corrected chi connectivity index (χ4v) is 9.97. The minimum absolute atomic E-state index is 0.143. The van der Waals surface area contributed by atoms with Crippen LogP contribution >= 0.6 is 0 Å². The van der Waals surface area contributed by atoms with E-state index in [1.807, 2.05) is 0 Å². The molecule has 0 bridgehead atoms. The van der Waals surface area contributed by atoms with E-state index in [-0.39, 0.29) is 11.5 Å². The van der Waals surface area contributed by atoms with Gasteiger partial charge in [-0.1, -0.05) is 124 Å². The molecule has 242 valence electrons. The molecule has 49 heavy (non-hydrogen) atoms. The molecular weight excluding hydrogens is 591 g/mol. The van der Waals surface area contributed by atoms with E-state index in [9.17, 15) is 0 Å². The summed E-state index contributed by atoms with van der Waals surface area (Å²) < 4.78 is 2.74. The van der Waals surface area contributed by atoms with Crippen molar-refractivity contribution in [2.45, 2.75) is 71.3 Å². The summed E-state index contributed by atoms with van der Waals surface area (Å²) in [7, 11) is 0. The topological polar surface area (TPSA) is 3.88 Å². The first kappa shape index (κ1) is 30.3. The molecular formula is C48H46N+. The molecule has 0 saturated heterocycles. The third-order valence-electron chi connectivity index (χ3n) is 12.3. The largest absolute Gasteiger partial charge is 0.222 e. The van der Waals surface area contributed by atoms with Crippen LogP contribution in [0.15, 0.2) is 139 Å². The summed E-state index contributed by atoms with van der Waals surface area (Å²) in [6.45, 7) is 9.52. The van der Waals surface area contributed by atoms with Gasteiger partial charge in [0.15, 0.2) is 6.20 Å². The van der Waals surface area contributed by atoms with Gasteiger partial charge in [0, 0.05) is 24.0 Å². The molecule has 0 N–H and O–H groups in total. The van der Waals surface area contributed by atoms with Gasteiger partial charge in [-0.3, -0.25) is 0 Å². The van der Waals surface area contributed by atoms with Gasteiger partial charge in [-0.05, 0) is 111 Å². The summed E-state index contributed by atoms with van der Waals surface area (Å²) in [6.07, 6.45) is 13.5. The summed E-state index contributed by atoms with van der Waals surface area (Å²) in [5.41, 5.74) is 14.1. The zero-order valence-corrected chi connectivity index (χ0v) is 29.3. The Morgan fingerprint density at radius 3 is 2.10 bits per heavy atom. The average molecular weight is 637 g/mol. The molecule has 0 amide bonds. The lowest BCUT2D eigenvalue weighted by Gasteiger charge is -2.34. The Morgan fingerprint density at radius 1 is 0.673 bits per heavy atom. The van der Waals surface area contributed by atoms with Crippen molar-refractivity contribution >= 4 is 21.5 Å². The number of allylic oxidation sites excluding steroid dienone is 4. The fourth-order valence-electron chi connectivity index (χ4n) is 9.97. The van der Waals surface area contributed by atoms with Crippen LogP contribution in [0.25, 0.3) is 43.9 Å². The van der Waals surface area contributed by atoms with E-state index in [1.54, 1.807) is 5.57 Å². The fraction of sp³-hybridized carbons (Fsp3) is 0.271. The minimum atomic E-state index is -0.278. The molecule has 3 aliphatic rings. The highest BCUT2D eigenvalue weighted by Gasteiger charge is 2.56. The summed E-state index contributed by atoms with van der Waals surface area (Å²) in [6, 6.07) is 41.4. The third-order valence-corrected chi connectivity index (χ3v) is 12.3. The molecule has 0 radical (unpaired) electrons. The van der Waals surface area contributed by atoms with Crippen molar-refractivity contribution in [3.63, 3.8) is 0 Å². The predicted molar refractivity (Wildman–Crippen MR) is 206 cm³/mol. The molecule has 2 aliphatic carbocycles. The lowest BCUT2D eigenvalue weighted by atomic mass is 9.69. The van der Waals surface area contributed by atoms with Crippen molar-refractivity contribution in [2.75, 3.05) is 0 Å². The maximum absolute atomic E-state index is 2.74. The van der Waals surface area contributed by atoms with Crippen LogP contribution in [0.5, 0.6) is 0 Å². The molecule has 1 spiro atoms. The van der Waals surface area contributed by atoms with Crippen LogP contribution in [0.1, 0.15) is 88.0 Å². The number of fused-ring (bicyclic) bond motifs is 4. The van der Waals surface area contributed by atoms with Crippen LogP contribution in [0.3, 0.4) is 0 Å². The Labute approximate surface area is 291 Å². The zero-order chi connectivity index (χ0) is 33.3. The number of hydrogen-bond donors (Lipinski definition) is 0. The van der Waals surface area contributed by atoms with Gasteiger partial charge in [-0.25, -0.2) is 0 Å². The van der Waals surface area contributed by atoms with Gasteiger partial charge in [0.2, 0.25) is 11.2 Å². The van der Waals surface area contributed by atoms with E-state index < -0.39 is 0 Å². The number of nitrogens with zero attached hydrogens (tertiary/aromatic N) is 1. The number of rotatable bonds is 8. The standard InChI is InChI=1S/C48H46N/c1-5-31(6-2)38-26-39(32(7-3)8-4)30-48(29-38)46-40-22-16-15-21-35(40)27-42-43(34-19-13-10-14-20-34)41-28-37(33-17-11-9-12-18-33)25-36-23-24-49(48)47(44(36)41)45(42)46/h9-29,31-32,43H,5-8,30H2,1-4H3/q+1. The van der Waals surface area contributed by atoms with Gasteiger partial charge in [0.25, 0.3) is 0 Å². The van der Waals surface area contributed by atoms with E-state index in [0.717, 1.165) is 19.3 Å². The van der Waals surface area contributed by atoms with E-state index >= 15 is 0 Å². The second kappa shape index (κ2) is 11.7. The molecule has 0 saturated carbocycles. The SMILES string of the molecule is CCC(CC)C1=CC2(CC(C(CC)CC)=C1)c1c3c(cc4ccccc14)C(c1ccccc1)c1cc(-c4ccccc4)cc4cc[n+]2c-3c14. The van der Waals surface area contributed by atoms with Crippen LogP contribution in [-0.4, -0.2) is 0 Å². The average Bonchev–Trinajstić information content (AvgIpc) is 3.42. The van der Waals surface area contributed by atoms with Crippen molar-refractivity contribution in [2.24, 2.45) is 11.8 Å². The maximum Gasteiger partial charge on any atom is 0.222 e. The first-order valence-corrected chi connectivity index (χ1v) is 18.7. The monoisotopic (exact) mass is 636 g/mol. The van der Waals surface area contributed by atoms with Gasteiger partial charge in [0.1, 0.15) is 0 Å². The van der Waals surface area contributed by atoms with Crippen LogP contribution < -0.4 is 4.57 Å². The van der Waals surface area contributed by atoms with Crippen molar-refractivity contribution < 1.29 is 4.57 Å². The maximum atomic E-state index is 2.74. The highest BCUT2D eigenvalue weighted by molar-refractivity contribution is 6.07. The van der Waals surface area contributed by atoms with Crippen molar-refractivity contribution in [3.05, 3.63) is 161 Å². The summed E-state index contributed by atoms with van der Waals surface area (Å²) in [4.78, 5) is 0. The van der Waals surface area contributed by atoms with Crippen LogP contribution in [0, 0.1) is 11.8 Å². The molecule has 1 nitrogen and oxygen atoms in total. The zero-order valence-electron chi connectivity index (χ0n) is 29.3.